The molecule has 1 rings (SSSR count). The molecule has 0 heterocycles. The number of allylic oxidation sites excluding steroid dienone is 5. The minimum Gasteiger partial charge on any atom is -0.282 e. The van der Waals surface area contributed by atoms with Crippen LogP contribution in [0.3, 0.4) is 0 Å². The molecular formula is C9H12O3S. The second kappa shape index (κ2) is 3.89. The summed E-state index contributed by atoms with van der Waals surface area (Å²) in [4.78, 5) is -0.0174. The second-order valence-corrected chi connectivity index (χ2v) is 4.41. The molecule has 0 atom stereocenters. The van der Waals surface area contributed by atoms with E-state index in [1.165, 1.54) is 17.7 Å². The van der Waals surface area contributed by atoms with E-state index in [1.54, 1.807) is 6.08 Å². The largest absolute Gasteiger partial charge is 0.294 e. The van der Waals surface area contributed by atoms with Crippen molar-refractivity contribution >= 4 is 10.1 Å². The van der Waals surface area contributed by atoms with Crippen molar-refractivity contribution in [2.75, 3.05) is 0 Å². The number of hydrogen-bond acceptors (Lipinski definition) is 2. The maximum atomic E-state index is 10.7. The van der Waals surface area contributed by atoms with Gasteiger partial charge in [-0.3, -0.25) is 4.55 Å². The fourth-order valence-electron chi connectivity index (χ4n) is 1.09. The fraction of sp³-hybridized carbons (Fsp3) is 0.333. The average Bonchev–Trinajstić information content (AvgIpc) is 1.93. The van der Waals surface area contributed by atoms with E-state index in [-0.39, 0.29) is 4.91 Å². The predicted octanol–water partition coefficient (Wildman–Crippen LogP) is 2.05. The third kappa shape index (κ3) is 3.16. The van der Waals surface area contributed by atoms with E-state index in [0.29, 0.717) is 6.42 Å². The molecule has 0 bridgehead atoms. The molecule has 0 saturated carbocycles. The van der Waals surface area contributed by atoms with Gasteiger partial charge in [0.15, 0.2) is 0 Å². The van der Waals surface area contributed by atoms with E-state index in [2.05, 4.69) is 0 Å². The Morgan fingerprint density at radius 1 is 1.46 bits per heavy atom. The van der Waals surface area contributed by atoms with Gasteiger partial charge in [-0.2, -0.15) is 8.42 Å². The molecule has 0 amide bonds. The lowest BCUT2D eigenvalue weighted by molar-refractivity contribution is 0.492. The highest BCUT2D eigenvalue weighted by Gasteiger charge is 2.09. The molecule has 0 aromatic rings. The van der Waals surface area contributed by atoms with Crippen molar-refractivity contribution in [3.63, 3.8) is 0 Å². The minimum atomic E-state index is -4.04. The molecule has 0 aromatic carbocycles. The van der Waals surface area contributed by atoms with Gasteiger partial charge >= 0.3 is 0 Å². The molecule has 3 nitrogen and oxygen atoms in total. The third-order valence-electron chi connectivity index (χ3n) is 1.82. The Bertz CT molecular complexity index is 372. The maximum Gasteiger partial charge on any atom is 0.294 e. The lowest BCUT2D eigenvalue weighted by Gasteiger charge is -2.02. The Morgan fingerprint density at radius 2 is 2.15 bits per heavy atom. The van der Waals surface area contributed by atoms with Gasteiger partial charge in [-0.05, 0) is 25.8 Å². The first kappa shape index (κ1) is 10.2. The van der Waals surface area contributed by atoms with Crippen LogP contribution in [0.5, 0.6) is 0 Å². The highest BCUT2D eigenvalue weighted by molar-refractivity contribution is 7.90. The summed E-state index contributed by atoms with van der Waals surface area (Å²) < 4.78 is 30.3. The van der Waals surface area contributed by atoms with E-state index >= 15 is 0 Å². The van der Waals surface area contributed by atoms with Crippen LogP contribution in [0.4, 0.5) is 0 Å². The van der Waals surface area contributed by atoms with Crippen LogP contribution in [0.1, 0.15) is 19.8 Å². The summed E-state index contributed by atoms with van der Waals surface area (Å²) in [5.41, 5.74) is 1.20. The summed E-state index contributed by atoms with van der Waals surface area (Å²) in [6, 6.07) is 0. The molecule has 0 aromatic heterocycles. The summed E-state index contributed by atoms with van der Waals surface area (Å²) in [6.07, 6.45) is 7.87. The van der Waals surface area contributed by atoms with Gasteiger partial charge in [0, 0.05) is 0 Å². The van der Waals surface area contributed by atoms with Crippen molar-refractivity contribution in [2.45, 2.75) is 19.8 Å². The molecule has 72 valence electrons. The summed E-state index contributed by atoms with van der Waals surface area (Å²) in [5, 5.41) is 0. The molecule has 0 radical (unpaired) electrons. The quantitative estimate of drug-likeness (QED) is 0.659. The Kier molecular flexibility index (Phi) is 3.06. The third-order valence-corrected chi connectivity index (χ3v) is 2.72. The molecular weight excluding hydrogens is 188 g/mol. The highest BCUT2D eigenvalue weighted by atomic mass is 32.2. The summed E-state index contributed by atoms with van der Waals surface area (Å²) >= 11 is 0. The van der Waals surface area contributed by atoms with Crippen molar-refractivity contribution in [2.24, 2.45) is 0 Å². The first-order chi connectivity index (χ1) is 6.00. The van der Waals surface area contributed by atoms with Crippen LogP contribution in [-0.2, 0) is 10.1 Å². The minimum absolute atomic E-state index is 0.0174. The molecule has 13 heavy (non-hydrogen) atoms. The van der Waals surface area contributed by atoms with Crippen LogP contribution < -0.4 is 0 Å². The van der Waals surface area contributed by atoms with Gasteiger partial charge in [0.1, 0.15) is 0 Å². The van der Waals surface area contributed by atoms with Crippen LogP contribution in [-0.4, -0.2) is 13.0 Å². The van der Waals surface area contributed by atoms with Gasteiger partial charge in [0.25, 0.3) is 10.1 Å². The Balaban J connectivity index is 2.97. The zero-order valence-electron chi connectivity index (χ0n) is 7.40. The van der Waals surface area contributed by atoms with E-state index in [1.807, 2.05) is 13.0 Å². The van der Waals surface area contributed by atoms with E-state index in [9.17, 15) is 8.42 Å². The standard InChI is InChI=1S/C9H12O3S/c1-8-4-2-6-9(7-3-5-8)13(10,11)12/h2,4,6-7H,3,5H2,1H3,(H,10,11,12). The van der Waals surface area contributed by atoms with Crippen molar-refractivity contribution in [1.82, 2.24) is 0 Å². The summed E-state index contributed by atoms with van der Waals surface area (Å²) in [7, 11) is -4.04. The fourth-order valence-corrected chi connectivity index (χ4v) is 1.67. The first-order valence-corrected chi connectivity index (χ1v) is 5.45. The van der Waals surface area contributed by atoms with Crippen LogP contribution >= 0.6 is 0 Å². The van der Waals surface area contributed by atoms with Gasteiger partial charge in [0.2, 0.25) is 0 Å². The topological polar surface area (TPSA) is 54.4 Å². The molecule has 0 spiro atoms. The molecule has 0 aliphatic heterocycles. The van der Waals surface area contributed by atoms with Crippen LogP contribution in [0.25, 0.3) is 0 Å². The van der Waals surface area contributed by atoms with Crippen molar-refractivity contribution in [3.05, 3.63) is 34.8 Å². The summed E-state index contributed by atoms with van der Waals surface area (Å²) in [5.74, 6) is 0. The number of hydrogen-bond donors (Lipinski definition) is 1. The Labute approximate surface area is 78.2 Å². The van der Waals surface area contributed by atoms with Gasteiger partial charge < -0.3 is 0 Å². The monoisotopic (exact) mass is 200 g/mol. The van der Waals surface area contributed by atoms with Crippen molar-refractivity contribution in [1.29, 1.82) is 0 Å². The highest BCUT2D eigenvalue weighted by Crippen LogP contribution is 2.14. The average molecular weight is 200 g/mol. The molecule has 0 unspecified atom stereocenters. The van der Waals surface area contributed by atoms with E-state index in [0.717, 1.165) is 6.42 Å². The lowest BCUT2D eigenvalue weighted by Crippen LogP contribution is -2.00. The van der Waals surface area contributed by atoms with E-state index in [4.69, 9.17) is 4.55 Å². The molecule has 1 N–H and O–H groups in total. The van der Waals surface area contributed by atoms with Crippen molar-refractivity contribution in [3.8, 4) is 0 Å². The second-order valence-electron chi connectivity index (χ2n) is 2.99. The molecule has 4 heteroatoms. The van der Waals surface area contributed by atoms with Crippen LogP contribution in [0.2, 0.25) is 0 Å². The Morgan fingerprint density at radius 3 is 2.77 bits per heavy atom. The normalized spacial score (nSPS) is 18.6. The first-order valence-electron chi connectivity index (χ1n) is 4.01. The zero-order valence-corrected chi connectivity index (χ0v) is 8.21. The van der Waals surface area contributed by atoms with Crippen LogP contribution in [0.15, 0.2) is 34.8 Å². The maximum absolute atomic E-state index is 10.7. The predicted molar refractivity (Wildman–Crippen MR) is 51.8 cm³/mol. The smallest absolute Gasteiger partial charge is 0.282 e. The van der Waals surface area contributed by atoms with Crippen molar-refractivity contribution < 1.29 is 13.0 Å². The lowest BCUT2D eigenvalue weighted by atomic mass is 10.1. The van der Waals surface area contributed by atoms with Gasteiger partial charge in [-0.1, -0.05) is 23.8 Å². The Hall–Kier alpha value is -0.870. The number of rotatable bonds is 1. The molecule has 1 aliphatic carbocycles. The van der Waals surface area contributed by atoms with Gasteiger partial charge in [-0.15, -0.1) is 0 Å². The molecule has 1 aliphatic rings. The molecule has 0 saturated heterocycles. The molecule has 0 fully saturated rings. The summed E-state index contributed by atoms with van der Waals surface area (Å²) in [6.45, 7) is 1.98. The zero-order chi connectivity index (χ0) is 9.90. The SMILES string of the molecule is CC1=CC=CC(S(=O)(=O)O)=CCC1. The van der Waals surface area contributed by atoms with Gasteiger partial charge in [0.05, 0.1) is 4.91 Å². The van der Waals surface area contributed by atoms with Gasteiger partial charge in [-0.25, -0.2) is 0 Å². The van der Waals surface area contributed by atoms with Crippen LogP contribution in [0, 0.1) is 0 Å². The van der Waals surface area contributed by atoms with E-state index < -0.39 is 10.1 Å².